The van der Waals surface area contributed by atoms with E-state index in [0.29, 0.717) is 23.8 Å². The number of benzene rings is 2. The molecule has 1 amide bonds. The zero-order valence-electron chi connectivity index (χ0n) is 14.4. The second-order valence-electron chi connectivity index (χ2n) is 6.46. The molecule has 6 heteroatoms. The van der Waals surface area contributed by atoms with Crippen LogP contribution in [-0.2, 0) is 0 Å². The molecule has 0 unspecified atom stereocenters. The summed E-state index contributed by atoms with van der Waals surface area (Å²) >= 11 is 5.24. The van der Waals surface area contributed by atoms with Crippen LogP contribution >= 0.6 is 27.3 Å². The number of hydrogen-bond donors (Lipinski definition) is 0. The number of halogens is 1. The summed E-state index contributed by atoms with van der Waals surface area (Å²) in [4.78, 5) is 19.8. The van der Waals surface area contributed by atoms with Gasteiger partial charge in [-0.25, -0.2) is 4.98 Å². The maximum atomic E-state index is 13.1. The Morgan fingerprint density at radius 3 is 2.96 bits per heavy atom. The van der Waals surface area contributed by atoms with Crippen molar-refractivity contribution in [2.45, 2.75) is 18.8 Å². The molecule has 1 fully saturated rings. The molecule has 2 aromatic carbocycles. The average molecular weight is 431 g/mol. The number of likely N-dealkylation sites (tertiary alicyclic amines) is 1. The lowest BCUT2D eigenvalue weighted by Crippen LogP contribution is -2.39. The molecule has 1 aromatic heterocycles. The number of carbonyl (C=O) groups is 1. The van der Waals surface area contributed by atoms with Crippen LogP contribution in [-0.4, -0.2) is 36.0 Å². The zero-order chi connectivity index (χ0) is 18.1. The lowest BCUT2D eigenvalue weighted by molar-refractivity contribution is 0.0706. The first-order valence-electron chi connectivity index (χ1n) is 8.64. The van der Waals surface area contributed by atoms with Gasteiger partial charge in [-0.05, 0) is 59.1 Å². The van der Waals surface area contributed by atoms with Crippen LogP contribution in [0.5, 0.6) is 5.75 Å². The summed E-state index contributed by atoms with van der Waals surface area (Å²) in [6, 6.07) is 13.7. The van der Waals surface area contributed by atoms with E-state index in [1.807, 2.05) is 29.2 Å². The summed E-state index contributed by atoms with van der Waals surface area (Å²) in [6.45, 7) is 1.49. The Morgan fingerprint density at radius 2 is 2.15 bits per heavy atom. The topological polar surface area (TPSA) is 42.4 Å². The third kappa shape index (κ3) is 3.35. The quantitative estimate of drug-likeness (QED) is 0.581. The average Bonchev–Trinajstić information content (AvgIpc) is 3.12. The number of amides is 1. The van der Waals surface area contributed by atoms with Crippen LogP contribution in [0, 0.1) is 0 Å². The molecule has 0 spiro atoms. The maximum absolute atomic E-state index is 13.1. The lowest BCUT2D eigenvalue weighted by atomic mass is 9.98. The number of nitrogens with zero attached hydrogens (tertiary/aromatic N) is 2. The van der Waals surface area contributed by atoms with Gasteiger partial charge >= 0.3 is 0 Å². The molecule has 4 nitrogen and oxygen atoms in total. The largest absolute Gasteiger partial charge is 0.497 e. The zero-order valence-corrected chi connectivity index (χ0v) is 16.8. The molecule has 134 valence electrons. The molecule has 1 aliphatic rings. The minimum absolute atomic E-state index is 0.0431. The van der Waals surface area contributed by atoms with Crippen LogP contribution in [0.4, 0.5) is 0 Å². The Labute approximate surface area is 164 Å². The Morgan fingerprint density at radius 1 is 1.31 bits per heavy atom. The van der Waals surface area contributed by atoms with Gasteiger partial charge in [0.25, 0.3) is 5.91 Å². The standard InChI is InChI=1S/C20H19BrN2O2S/c1-25-14-8-9-16(21)15(11-14)20(24)23-10-4-5-13(12-23)19-22-17-6-2-3-7-18(17)26-19/h2-3,6-9,11,13H,4-5,10,12H2,1H3/t13-/m1/s1. The number of ether oxygens (including phenoxy) is 1. The summed E-state index contributed by atoms with van der Waals surface area (Å²) in [5.74, 6) is 1.03. The monoisotopic (exact) mass is 430 g/mol. The van der Waals surface area contributed by atoms with E-state index in [-0.39, 0.29) is 5.91 Å². The van der Waals surface area contributed by atoms with Crippen molar-refractivity contribution in [3.05, 3.63) is 57.5 Å². The Hall–Kier alpha value is -1.92. The molecule has 2 heterocycles. The SMILES string of the molecule is COc1ccc(Br)c(C(=O)N2CCC[C@@H](c3nc4ccccc4s3)C2)c1. The Balaban J connectivity index is 1.57. The predicted molar refractivity (Wildman–Crippen MR) is 108 cm³/mol. The lowest BCUT2D eigenvalue weighted by Gasteiger charge is -2.32. The number of aromatic nitrogens is 1. The van der Waals surface area contributed by atoms with Gasteiger partial charge in [0.05, 0.1) is 27.9 Å². The van der Waals surface area contributed by atoms with Crippen LogP contribution in [0.2, 0.25) is 0 Å². The number of hydrogen-bond acceptors (Lipinski definition) is 4. The summed E-state index contributed by atoms with van der Waals surface area (Å²) in [5.41, 5.74) is 1.70. The molecule has 1 atom stereocenters. The number of fused-ring (bicyclic) bond motifs is 1. The van der Waals surface area contributed by atoms with Crippen molar-refractivity contribution in [1.29, 1.82) is 0 Å². The van der Waals surface area contributed by atoms with Gasteiger partial charge in [-0.3, -0.25) is 4.79 Å². The molecule has 0 bridgehead atoms. The van der Waals surface area contributed by atoms with E-state index in [2.05, 4.69) is 28.1 Å². The van der Waals surface area contributed by atoms with E-state index in [1.54, 1.807) is 24.5 Å². The highest BCUT2D eigenvalue weighted by atomic mass is 79.9. The van der Waals surface area contributed by atoms with Gasteiger partial charge in [0.15, 0.2) is 0 Å². The highest BCUT2D eigenvalue weighted by molar-refractivity contribution is 9.10. The normalized spacial score (nSPS) is 17.5. The summed E-state index contributed by atoms with van der Waals surface area (Å²) in [5, 5.41) is 1.13. The van der Waals surface area contributed by atoms with Crippen LogP contribution < -0.4 is 4.74 Å². The van der Waals surface area contributed by atoms with Crippen molar-refractivity contribution in [1.82, 2.24) is 9.88 Å². The number of rotatable bonds is 3. The fourth-order valence-electron chi connectivity index (χ4n) is 3.39. The maximum Gasteiger partial charge on any atom is 0.255 e. The van der Waals surface area contributed by atoms with Crippen molar-refractivity contribution in [2.24, 2.45) is 0 Å². The van der Waals surface area contributed by atoms with Crippen molar-refractivity contribution >= 4 is 43.4 Å². The number of piperidine rings is 1. The minimum Gasteiger partial charge on any atom is -0.497 e. The predicted octanol–water partition coefficient (Wildman–Crippen LogP) is 5.09. The molecule has 0 N–H and O–H groups in total. The van der Waals surface area contributed by atoms with Gasteiger partial charge in [0, 0.05) is 23.5 Å². The number of para-hydroxylation sites is 1. The summed E-state index contributed by atoms with van der Waals surface area (Å²) < 4.78 is 7.28. The third-order valence-corrected chi connectivity index (χ3v) is 6.66. The third-order valence-electron chi connectivity index (χ3n) is 4.77. The van der Waals surface area contributed by atoms with Gasteiger partial charge in [-0.2, -0.15) is 0 Å². The highest BCUT2D eigenvalue weighted by Crippen LogP contribution is 2.34. The second-order valence-corrected chi connectivity index (χ2v) is 8.37. The highest BCUT2D eigenvalue weighted by Gasteiger charge is 2.28. The molecule has 1 saturated heterocycles. The summed E-state index contributed by atoms with van der Waals surface area (Å²) in [6.07, 6.45) is 2.07. The van der Waals surface area contributed by atoms with Gasteiger partial charge in [-0.1, -0.05) is 12.1 Å². The van der Waals surface area contributed by atoms with E-state index in [1.165, 1.54) is 4.70 Å². The Kier molecular flexibility index (Phi) is 4.96. The van der Waals surface area contributed by atoms with E-state index >= 15 is 0 Å². The fourth-order valence-corrected chi connectivity index (χ4v) is 4.90. The Bertz CT molecular complexity index is 923. The molecular formula is C20H19BrN2O2S. The van der Waals surface area contributed by atoms with Crippen LogP contribution in [0.15, 0.2) is 46.9 Å². The summed E-state index contributed by atoms with van der Waals surface area (Å²) in [7, 11) is 1.61. The fraction of sp³-hybridized carbons (Fsp3) is 0.300. The van der Waals surface area contributed by atoms with Crippen molar-refractivity contribution < 1.29 is 9.53 Å². The van der Waals surface area contributed by atoms with E-state index < -0.39 is 0 Å². The number of methoxy groups -OCH3 is 1. The van der Waals surface area contributed by atoms with E-state index in [9.17, 15) is 4.79 Å². The van der Waals surface area contributed by atoms with Gasteiger partial charge in [0.2, 0.25) is 0 Å². The van der Waals surface area contributed by atoms with Gasteiger partial charge in [-0.15, -0.1) is 11.3 Å². The number of thiazole rings is 1. The van der Waals surface area contributed by atoms with Crippen molar-refractivity contribution in [2.75, 3.05) is 20.2 Å². The van der Waals surface area contributed by atoms with Gasteiger partial charge < -0.3 is 9.64 Å². The molecule has 0 aliphatic carbocycles. The molecule has 0 radical (unpaired) electrons. The molecule has 26 heavy (non-hydrogen) atoms. The minimum atomic E-state index is 0.0431. The second kappa shape index (κ2) is 7.37. The van der Waals surface area contributed by atoms with Crippen molar-refractivity contribution in [3.63, 3.8) is 0 Å². The molecular weight excluding hydrogens is 412 g/mol. The molecule has 3 aromatic rings. The van der Waals surface area contributed by atoms with Crippen LogP contribution in [0.3, 0.4) is 0 Å². The smallest absolute Gasteiger partial charge is 0.255 e. The van der Waals surface area contributed by atoms with Gasteiger partial charge in [0.1, 0.15) is 5.75 Å². The molecule has 0 saturated carbocycles. The molecule has 4 rings (SSSR count). The van der Waals surface area contributed by atoms with Crippen LogP contribution in [0.25, 0.3) is 10.2 Å². The van der Waals surface area contributed by atoms with E-state index in [4.69, 9.17) is 9.72 Å². The first kappa shape index (κ1) is 17.5. The first-order chi connectivity index (χ1) is 12.7. The molecule has 1 aliphatic heterocycles. The van der Waals surface area contributed by atoms with Crippen molar-refractivity contribution in [3.8, 4) is 5.75 Å². The van der Waals surface area contributed by atoms with E-state index in [0.717, 1.165) is 34.4 Å². The number of carbonyl (C=O) groups excluding carboxylic acids is 1. The van der Waals surface area contributed by atoms with Crippen LogP contribution in [0.1, 0.15) is 34.1 Å². The first-order valence-corrected chi connectivity index (χ1v) is 10.2.